The van der Waals surface area contributed by atoms with Crippen molar-refractivity contribution in [3.05, 3.63) is 271 Å². The van der Waals surface area contributed by atoms with Crippen LogP contribution in [0.2, 0.25) is 0 Å². The largest absolute Gasteiger partial charge is 0.490 e. The van der Waals surface area contributed by atoms with Crippen LogP contribution in [0, 0.1) is 0 Å². The van der Waals surface area contributed by atoms with E-state index >= 15 is 0 Å². The lowest BCUT2D eigenvalue weighted by Crippen LogP contribution is -2.14. The second-order valence-corrected chi connectivity index (χ2v) is 30.5. The van der Waals surface area contributed by atoms with Crippen LogP contribution in [0.15, 0.2) is 198 Å². The summed E-state index contributed by atoms with van der Waals surface area (Å²) < 4.78 is 103. The maximum atomic E-state index is 11.5. The predicted molar refractivity (Wildman–Crippen MR) is 536 cm³/mol. The Bertz CT molecular complexity index is 4760. The first-order chi connectivity index (χ1) is 63.3. The van der Waals surface area contributed by atoms with Crippen molar-refractivity contribution in [2.24, 2.45) is 0 Å². The highest BCUT2D eigenvalue weighted by Gasteiger charge is 2.21. The number of aryl methyl sites for hydroxylation is 1. The molecule has 0 bridgehead atoms. The minimum Gasteiger partial charge on any atom is -0.490 e. The second kappa shape index (κ2) is 69.8. The van der Waals surface area contributed by atoms with E-state index in [0.717, 1.165) is 109 Å². The van der Waals surface area contributed by atoms with Crippen LogP contribution in [-0.2, 0) is 59.3 Å². The number of allylic oxidation sites excluding steroid dienone is 3. The van der Waals surface area contributed by atoms with Crippen molar-refractivity contribution in [3.63, 3.8) is 0 Å². The highest BCUT2D eigenvalue weighted by molar-refractivity contribution is 5.97. The maximum Gasteiger partial charge on any atom is 0.341 e. The number of carbonyl (C=O) groups excluding carboxylic acids is 3. The molecular formula is C109H148O23. The van der Waals surface area contributed by atoms with Crippen LogP contribution < -0.4 is 52.1 Å². The number of hydrogen-bond acceptors (Lipinski definition) is 23. The van der Waals surface area contributed by atoms with Gasteiger partial charge in [0.2, 0.25) is 0 Å². The SMILES string of the molecule is C=C(C)c1ccc(OCOC)c(C(C)(C)C)c1.C=C(C)c1ccc(OCOC)c(C(C)C)c1.C=C(C)c1ccc(OCOC)c(CC)c1.C=Cc1ccc(OCOC)c(C(=O)OC)c1.C=Cc1ccc(OCOC)c(C(C)=O)c1.C=Cc1ccc(OCOC)c(OC(C)=O)c1.C=Cc1ccc(OCOC)c(OCCCCC)c1.C=Cc1ccc(OCOC)c(OCCCCCC)c1. The number of esters is 2. The van der Waals surface area contributed by atoms with Gasteiger partial charge in [-0.1, -0.05) is 236 Å². The van der Waals surface area contributed by atoms with E-state index < -0.39 is 11.9 Å². The first-order valence-electron chi connectivity index (χ1n) is 43.5. The molecule has 0 saturated heterocycles. The molecule has 0 radical (unpaired) electrons. The molecule has 8 rings (SSSR count). The number of ketones is 1. The van der Waals surface area contributed by atoms with Gasteiger partial charge >= 0.3 is 11.9 Å². The van der Waals surface area contributed by atoms with Crippen molar-refractivity contribution in [2.45, 2.75) is 153 Å². The summed E-state index contributed by atoms with van der Waals surface area (Å²) >= 11 is 0. The Morgan fingerprint density at radius 2 is 0.644 bits per heavy atom. The van der Waals surface area contributed by atoms with Crippen molar-refractivity contribution < 1.29 is 109 Å². The molecule has 0 aromatic heterocycles. The molecule has 0 amide bonds. The summed E-state index contributed by atoms with van der Waals surface area (Å²) in [6.07, 6.45) is 17.7. The average Bonchev–Trinajstić information content (AvgIpc) is 0.811. The molecule has 0 saturated carbocycles. The Morgan fingerprint density at radius 1 is 0.333 bits per heavy atom. The van der Waals surface area contributed by atoms with Crippen molar-refractivity contribution in [1.82, 2.24) is 0 Å². The van der Waals surface area contributed by atoms with Gasteiger partial charge in [0.1, 0.15) is 34.3 Å². The van der Waals surface area contributed by atoms with E-state index in [-0.39, 0.29) is 58.7 Å². The number of carbonyl (C=O) groups is 3. The van der Waals surface area contributed by atoms with Crippen LogP contribution in [0.3, 0.4) is 0 Å². The Hall–Kier alpha value is -12.0. The molecule has 0 atom stereocenters. The van der Waals surface area contributed by atoms with Crippen LogP contribution in [0.4, 0.5) is 0 Å². The first-order valence-corrected chi connectivity index (χ1v) is 43.5. The number of rotatable bonds is 48. The fourth-order valence-electron chi connectivity index (χ4n) is 11.3. The van der Waals surface area contributed by atoms with Gasteiger partial charge < -0.3 is 94.7 Å². The normalized spacial score (nSPS) is 10.2. The number of ether oxygens (including phenoxy) is 20. The van der Waals surface area contributed by atoms with E-state index in [4.69, 9.17) is 90.0 Å². The van der Waals surface area contributed by atoms with Gasteiger partial charge in [0, 0.05) is 69.4 Å². The van der Waals surface area contributed by atoms with Gasteiger partial charge in [-0.05, 0) is 211 Å². The van der Waals surface area contributed by atoms with E-state index in [1.807, 2.05) is 106 Å². The molecule has 722 valence electrons. The number of methoxy groups -OCH3 is 9. The zero-order chi connectivity index (χ0) is 98.8. The zero-order valence-electron chi connectivity index (χ0n) is 82.6. The van der Waals surface area contributed by atoms with Crippen molar-refractivity contribution >= 4 is 64.8 Å². The van der Waals surface area contributed by atoms with Gasteiger partial charge in [-0.25, -0.2) is 4.79 Å². The van der Waals surface area contributed by atoms with Crippen molar-refractivity contribution in [1.29, 1.82) is 0 Å². The van der Waals surface area contributed by atoms with Crippen LogP contribution >= 0.6 is 0 Å². The minimum atomic E-state index is -0.449. The van der Waals surface area contributed by atoms with E-state index in [0.29, 0.717) is 71.5 Å². The Balaban J connectivity index is 0.000000755. The third-order valence-electron chi connectivity index (χ3n) is 18.4. The molecule has 8 aromatic rings. The number of unbranched alkanes of at least 4 members (excludes halogenated alkanes) is 5. The fourth-order valence-corrected chi connectivity index (χ4v) is 11.3. The maximum absolute atomic E-state index is 11.5. The highest BCUT2D eigenvalue weighted by Crippen LogP contribution is 2.37. The second-order valence-electron chi connectivity index (χ2n) is 30.5. The fraction of sp³-hybridized carbons (Fsp3) is 0.385. The molecule has 23 nitrogen and oxygen atoms in total. The van der Waals surface area contributed by atoms with Gasteiger partial charge in [-0.3, -0.25) is 9.59 Å². The topological polar surface area (TPSA) is 236 Å². The minimum absolute atomic E-state index is 0.0362. The molecular weight excluding hydrogens is 1680 g/mol. The molecule has 23 heteroatoms. The van der Waals surface area contributed by atoms with Crippen LogP contribution in [0.5, 0.6) is 63.2 Å². The van der Waals surface area contributed by atoms with E-state index in [1.54, 1.807) is 108 Å². The predicted octanol–water partition coefficient (Wildman–Crippen LogP) is 26.1. The molecule has 0 aliphatic carbocycles. The molecule has 0 heterocycles. The first kappa shape index (κ1) is 118. The zero-order valence-corrected chi connectivity index (χ0v) is 82.6. The monoisotopic (exact) mass is 1830 g/mol. The summed E-state index contributed by atoms with van der Waals surface area (Å²) in [5.41, 5.74) is 15.8. The third-order valence-corrected chi connectivity index (χ3v) is 18.4. The Labute approximate surface area is 787 Å². The highest BCUT2D eigenvalue weighted by atomic mass is 16.7. The summed E-state index contributed by atoms with van der Waals surface area (Å²) in [6, 6.07) is 45.6. The van der Waals surface area contributed by atoms with Crippen LogP contribution in [0.1, 0.15) is 223 Å². The molecule has 0 fully saturated rings. The van der Waals surface area contributed by atoms with E-state index in [1.165, 1.54) is 91.1 Å². The summed E-state index contributed by atoms with van der Waals surface area (Å²) in [5.74, 6) is 6.91. The smallest absolute Gasteiger partial charge is 0.341 e. The third kappa shape index (κ3) is 47.2. The summed E-state index contributed by atoms with van der Waals surface area (Å²) in [7, 11) is 13.9. The van der Waals surface area contributed by atoms with Crippen LogP contribution in [-0.4, -0.2) is 149 Å². The number of Topliss-reactive ketones (excluding diaryl/α,β-unsaturated/α-hetero) is 1. The van der Waals surface area contributed by atoms with Gasteiger partial charge in [0.15, 0.2) is 94.6 Å². The van der Waals surface area contributed by atoms with Crippen molar-refractivity contribution in [2.75, 3.05) is 132 Å². The van der Waals surface area contributed by atoms with Gasteiger partial charge in [-0.15, -0.1) is 0 Å². The summed E-state index contributed by atoms with van der Waals surface area (Å²) in [6.45, 7) is 59.5. The van der Waals surface area contributed by atoms with Crippen molar-refractivity contribution in [3.8, 4) is 63.2 Å². The lowest BCUT2D eigenvalue weighted by Gasteiger charge is -2.23. The Kier molecular flexibility index (Phi) is 62.4. The average molecular weight is 1830 g/mol. The summed E-state index contributed by atoms with van der Waals surface area (Å²) in [4.78, 5) is 33.7. The molecule has 132 heavy (non-hydrogen) atoms. The molecule has 8 aromatic carbocycles. The quantitative estimate of drug-likeness (QED) is 0.0113. The number of benzene rings is 8. The summed E-state index contributed by atoms with van der Waals surface area (Å²) in [5, 5.41) is 0. The Morgan fingerprint density at radius 3 is 1.01 bits per heavy atom. The number of hydrogen-bond donors (Lipinski definition) is 0. The van der Waals surface area contributed by atoms with E-state index in [2.05, 4.69) is 131 Å². The molecule has 0 unspecified atom stereocenters. The lowest BCUT2D eigenvalue weighted by molar-refractivity contribution is -0.132. The van der Waals surface area contributed by atoms with Crippen LogP contribution in [0.25, 0.3) is 47.1 Å². The van der Waals surface area contributed by atoms with Gasteiger partial charge in [-0.2, -0.15) is 0 Å². The standard InChI is InChI=1S/C16H24O3.C15H22O3.C15H22O2.C14H20O2.C13H18O2.2C12H14O4.C12H14O3/c1-4-6-7-8-11-18-16-12-14(5-2)9-10-15(16)19-13-17-3;1-4-6-7-10-17-15-11-13(5-2)8-9-14(15)18-12-16-3;1-11(2)12-7-8-14(17-10-16-6)13(9-12)15(3,4)5;1-10(2)12-6-7-14(16-9-15-5)13(8-12)11(3)4;1-5-11-8-12(10(2)3)6-7-13(11)15-9-14-4;1-4-9-5-6-11(16-8-14-2)10(7-9)12(13)15-3;1-4-10-5-6-11(15-8-14-3)12(7-10)16-9(2)13;1-4-10-5-6-12(15-8-14-3)11(7-10)9(2)13/h5,9-10,12H,2,4,6-8,11,13H2,1,3H3;5,8-9,11H,2,4,6-7,10,12H2,1,3H3;7-9H,1,10H2,2-6H3;6-8,11H,1,9H2,2-5H3;6-8H,2,5,9H2,1,3-4H3;2*4-7H,1,8H2,2-3H3;4-7H,1,8H2,2-3H3. The molecule has 0 aliphatic heterocycles. The van der Waals surface area contributed by atoms with E-state index in [9.17, 15) is 14.4 Å². The molecule has 0 spiro atoms. The van der Waals surface area contributed by atoms with Gasteiger partial charge in [0.25, 0.3) is 0 Å². The molecule has 0 aliphatic rings. The lowest BCUT2D eigenvalue weighted by atomic mass is 9.85. The molecule has 0 N–H and O–H groups in total. The van der Waals surface area contributed by atoms with Gasteiger partial charge in [0.05, 0.1) is 25.9 Å².